The van der Waals surface area contributed by atoms with Crippen LogP contribution in [0.2, 0.25) is 0 Å². The molecular weight excluding hydrogens is 220 g/mol. The van der Waals surface area contributed by atoms with Gasteiger partial charge in [0.15, 0.2) is 0 Å². The minimum absolute atomic E-state index is 0.0567. The number of hydrogen-bond acceptors (Lipinski definition) is 4. The molecule has 0 aromatic rings. The Hall–Kier alpha value is -0.770. The summed E-state index contributed by atoms with van der Waals surface area (Å²) >= 11 is 5.94. The maximum Gasteiger partial charge on any atom is 0.307 e. The number of rotatable bonds is 6. The van der Waals surface area contributed by atoms with Gasteiger partial charge >= 0.3 is 11.9 Å². The molecule has 0 unspecified atom stereocenters. The first-order valence-electron chi connectivity index (χ1n) is 4.98. The molecule has 0 aromatic carbocycles. The number of halogens is 1. The van der Waals surface area contributed by atoms with Crippen LogP contribution >= 0.6 is 11.6 Å². The zero-order valence-corrected chi connectivity index (χ0v) is 10.0. The Bertz CT molecular complexity index is 217. The summed E-state index contributed by atoms with van der Waals surface area (Å²) in [5.74, 6) is -0.764. The average molecular weight is 237 g/mol. The van der Waals surface area contributed by atoms with E-state index in [1.54, 1.807) is 6.92 Å². The predicted octanol–water partition coefficient (Wildman–Crippen LogP) is 1.89. The van der Waals surface area contributed by atoms with Gasteiger partial charge in [0.05, 0.1) is 18.4 Å². The van der Waals surface area contributed by atoms with Crippen LogP contribution in [0.15, 0.2) is 0 Å². The largest absolute Gasteiger partial charge is 0.466 e. The summed E-state index contributed by atoms with van der Waals surface area (Å²) in [4.78, 5) is 21.8. The molecule has 0 aromatic heterocycles. The molecule has 88 valence electrons. The second-order valence-electron chi connectivity index (χ2n) is 3.08. The van der Waals surface area contributed by atoms with Gasteiger partial charge in [0, 0.05) is 6.92 Å². The van der Waals surface area contributed by atoms with Gasteiger partial charge in [-0.15, -0.1) is 11.6 Å². The molecule has 0 fully saturated rings. The van der Waals surface area contributed by atoms with Crippen molar-refractivity contribution in [1.29, 1.82) is 0 Å². The zero-order chi connectivity index (χ0) is 11.8. The lowest BCUT2D eigenvalue weighted by Gasteiger charge is -2.19. The molecule has 5 heteroatoms. The van der Waals surface area contributed by atoms with E-state index in [1.807, 2.05) is 6.92 Å². The van der Waals surface area contributed by atoms with Crippen molar-refractivity contribution < 1.29 is 19.1 Å². The van der Waals surface area contributed by atoms with E-state index in [9.17, 15) is 9.59 Å². The monoisotopic (exact) mass is 236 g/mol. The summed E-state index contributed by atoms with van der Waals surface area (Å²) < 4.78 is 9.71. The molecule has 0 saturated heterocycles. The summed E-state index contributed by atoms with van der Waals surface area (Å²) in [6.07, 6.45) is 0.197. The van der Waals surface area contributed by atoms with Gasteiger partial charge in [0.1, 0.15) is 6.10 Å². The molecule has 2 atom stereocenters. The molecule has 0 spiro atoms. The highest BCUT2D eigenvalue weighted by Crippen LogP contribution is 2.15. The van der Waals surface area contributed by atoms with Crippen molar-refractivity contribution in [2.75, 3.05) is 6.61 Å². The normalized spacial score (nSPS) is 14.1. The number of hydrogen-bond donors (Lipinski definition) is 0. The highest BCUT2D eigenvalue weighted by molar-refractivity contribution is 6.22. The summed E-state index contributed by atoms with van der Waals surface area (Å²) in [5.41, 5.74) is 0. The van der Waals surface area contributed by atoms with E-state index >= 15 is 0 Å². The van der Waals surface area contributed by atoms with Crippen LogP contribution in [0.4, 0.5) is 0 Å². The van der Waals surface area contributed by atoms with Gasteiger partial charge < -0.3 is 9.47 Å². The highest BCUT2D eigenvalue weighted by atomic mass is 35.5. The van der Waals surface area contributed by atoms with Crippen LogP contribution in [-0.4, -0.2) is 30.0 Å². The zero-order valence-electron chi connectivity index (χ0n) is 9.29. The Morgan fingerprint density at radius 3 is 2.33 bits per heavy atom. The quantitative estimate of drug-likeness (QED) is 0.522. The van der Waals surface area contributed by atoms with Crippen molar-refractivity contribution in [3.8, 4) is 0 Å². The Kier molecular flexibility index (Phi) is 7.13. The molecule has 0 amide bonds. The van der Waals surface area contributed by atoms with Crippen molar-refractivity contribution in [3.63, 3.8) is 0 Å². The van der Waals surface area contributed by atoms with Gasteiger partial charge in [-0.1, -0.05) is 6.92 Å². The fourth-order valence-electron chi connectivity index (χ4n) is 1.14. The van der Waals surface area contributed by atoms with Crippen molar-refractivity contribution in [3.05, 3.63) is 0 Å². The summed E-state index contributed by atoms with van der Waals surface area (Å²) in [6.45, 7) is 5.21. The highest BCUT2D eigenvalue weighted by Gasteiger charge is 2.23. The molecule has 0 rings (SSSR count). The first-order chi connectivity index (χ1) is 7.01. The standard InChI is InChI=1S/C10H17ClO4/c1-4-9(15-7(3)12)8(11)6-10(13)14-5-2/h8-9H,4-6H2,1-3H3/t8-,9-/m0/s1. The van der Waals surface area contributed by atoms with E-state index in [0.29, 0.717) is 13.0 Å². The minimum atomic E-state index is -0.530. The Balaban J connectivity index is 4.08. The second-order valence-corrected chi connectivity index (χ2v) is 3.64. The molecule has 4 nitrogen and oxygen atoms in total. The first kappa shape index (κ1) is 14.2. The van der Waals surface area contributed by atoms with Gasteiger partial charge in [-0.3, -0.25) is 9.59 Å². The summed E-state index contributed by atoms with van der Waals surface area (Å²) in [7, 11) is 0. The van der Waals surface area contributed by atoms with Crippen LogP contribution in [0.1, 0.15) is 33.6 Å². The van der Waals surface area contributed by atoms with E-state index < -0.39 is 17.5 Å². The van der Waals surface area contributed by atoms with E-state index in [1.165, 1.54) is 6.92 Å². The third kappa shape index (κ3) is 6.33. The number of carbonyl (C=O) groups is 2. The lowest BCUT2D eigenvalue weighted by molar-refractivity contribution is -0.150. The van der Waals surface area contributed by atoms with Gasteiger partial charge in [0.25, 0.3) is 0 Å². The third-order valence-corrected chi connectivity index (χ3v) is 2.23. The molecule has 0 bridgehead atoms. The maximum absolute atomic E-state index is 11.1. The van der Waals surface area contributed by atoms with Crippen LogP contribution in [-0.2, 0) is 19.1 Å². The Labute approximate surface area is 94.9 Å². The number of esters is 2. The van der Waals surface area contributed by atoms with Gasteiger partial charge in [-0.05, 0) is 13.3 Å². The molecule has 0 aliphatic rings. The molecule has 15 heavy (non-hydrogen) atoms. The van der Waals surface area contributed by atoms with Crippen molar-refractivity contribution in [2.24, 2.45) is 0 Å². The molecular formula is C10H17ClO4. The minimum Gasteiger partial charge on any atom is -0.466 e. The third-order valence-electron chi connectivity index (χ3n) is 1.79. The summed E-state index contributed by atoms with van der Waals surface area (Å²) in [6, 6.07) is 0. The van der Waals surface area contributed by atoms with Crippen molar-refractivity contribution >= 4 is 23.5 Å². The van der Waals surface area contributed by atoms with Crippen LogP contribution in [0, 0.1) is 0 Å². The van der Waals surface area contributed by atoms with Gasteiger partial charge in [-0.2, -0.15) is 0 Å². The average Bonchev–Trinajstić information content (AvgIpc) is 2.13. The van der Waals surface area contributed by atoms with Crippen LogP contribution in [0.5, 0.6) is 0 Å². The van der Waals surface area contributed by atoms with Crippen LogP contribution in [0.25, 0.3) is 0 Å². The van der Waals surface area contributed by atoms with Gasteiger partial charge in [0.2, 0.25) is 0 Å². The maximum atomic E-state index is 11.1. The Morgan fingerprint density at radius 2 is 1.93 bits per heavy atom. The van der Waals surface area contributed by atoms with E-state index in [0.717, 1.165) is 0 Å². The molecule has 0 radical (unpaired) electrons. The van der Waals surface area contributed by atoms with E-state index in [4.69, 9.17) is 21.1 Å². The summed E-state index contributed by atoms with van der Waals surface area (Å²) in [5, 5.41) is -0.530. The first-order valence-corrected chi connectivity index (χ1v) is 5.41. The molecule has 0 N–H and O–H groups in total. The van der Waals surface area contributed by atoms with E-state index in [2.05, 4.69) is 0 Å². The topological polar surface area (TPSA) is 52.6 Å². The number of ether oxygens (including phenoxy) is 2. The van der Waals surface area contributed by atoms with Crippen LogP contribution in [0.3, 0.4) is 0 Å². The van der Waals surface area contributed by atoms with Crippen molar-refractivity contribution in [2.45, 2.75) is 45.1 Å². The fourth-order valence-corrected chi connectivity index (χ4v) is 1.49. The lowest BCUT2D eigenvalue weighted by Crippen LogP contribution is -2.28. The number of alkyl halides is 1. The molecule has 0 saturated carbocycles. The lowest BCUT2D eigenvalue weighted by atomic mass is 10.1. The molecule has 0 heterocycles. The van der Waals surface area contributed by atoms with Crippen LogP contribution < -0.4 is 0 Å². The van der Waals surface area contributed by atoms with Crippen molar-refractivity contribution in [1.82, 2.24) is 0 Å². The molecule has 0 aliphatic heterocycles. The SMILES string of the molecule is CCOC(=O)C[C@H](Cl)[C@H](CC)OC(C)=O. The second kappa shape index (κ2) is 7.51. The van der Waals surface area contributed by atoms with E-state index in [-0.39, 0.29) is 12.4 Å². The number of carbonyl (C=O) groups excluding carboxylic acids is 2. The molecule has 0 aliphatic carbocycles. The Morgan fingerprint density at radius 1 is 1.33 bits per heavy atom. The smallest absolute Gasteiger partial charge is 0.307 e. The fraction of sp³-hybridized carbons (Fsp3) is 0.800. The van der Waals surface area contributed by atoms with Gasteiger partial charge in [-0.25, -0.2) is 0 Å². The predicted molar refractivity (Wildman–Crippen MR) is 56.7 cm³/mol.